The lowest BCUT2D eigenvalue weighted by atomic mass is 9.34. The molecule has 0 spiro atoms. The molecule has 2 heterocycles. The van der Waals surface area contributed by atoms with Crippen LogP contribution in [0.2, 0.25) is 0 Å². The highest BCUT2D eigenvalue weighted by Crippen LogP contribution is 2.44. The van der Waals surface area contributed by atoms with Crippen LogP contribution in [-0.4, -0.2) is 6.71 Å². The Hall–Kier alpha value is -5.02. The van der Waals surface area contributed by atoms with E-state index < -0.39 is 0 Å². The Morgan fingerprint density at radius 2 is 1.12 bits per heavy atom. The largest absolute Gasteiger partial charge is 0.458 e. The van der Waals surface area contributed by atoms with E-state index in [1.165, 1.54) is 27.8 Å². The second-order valence-electron chi connectivity index (χ2n) is 11.0. The summed E-state index contributed by atoms with van der Waals surface area (Å²) in [4.78, 5) is 0. The van der Waals surface area contributed by atoms with Crippen LogP contribution in [-0.2, 0) is 0 Å². The number of ether oxygens (including phenoxy) is 2. The lowest BCUT2D eigenvalue weighted by Crippen LogP contribution is -2.57. The van der Waals surface area contributed by atoms with Gasteiger partial charge in [-0.2, -0.15) is 0 Å². The highest BCUT2D eigenvalue weighted by atomic mass is 16.5. The third-order valence-electron chi connectivity index (χ3n) is 8.52. The molecule has 194 valence electrons. The fraction of sp³-hybridized carbons (Fsp3) is 0.0526. The van der Waals surface area contributed by atoms with Crippen LogP contribution in [0.25, 0.3) is 33.4 Å². The number of aryl methyl sites for hydroxylation is 2. The molecule has 0 fully saturated rings. The van der Waals surface area contributed by atoms with Crippen LogP contribution < -0.4 is 25.9 Å². The zero-order chi connectivity index (χ0) is 27.5. The molecule has 41 heavy (non-hydrogen) atoms. The highest BCUT2D eigenvalue weighted by molar-refractivity contribution is 6.98. The molecule has 0 atom stereocenters. The molecule has 0 N–H and O–H groups in total. The Morgan fingerprint density at radius 3 is 1.90 bits per heavy atom. The van der Waals surface area contributed by atoms with Gasteiger partial charge in [0.2, 0.25) is 0 Å². The predicted octanol–water partition coefficient (Wildman–Crippen LogP) is 8.03. The van der Waals surface area contributed by atoms with Crippen molar-refractivity contribution in [3.63, 3.8) is 0 Å². The normalized spacial score (nSPS) is 12.5. The molecule has 0 aliphatic carbocycles. The lowest BCUT2D eigenvalue weighted by molar-refractivity contribution is 0.466. The smallest absolute Gasteiger partial charge is 0.260 e. The van der Waals surface area contributed by atoms with Crippen LogP contribution in [0.1, 0.15) is 11.1 Å². The molecule has 0 bridgehead atoms. The van der Waals surface area contributed by atoms with Gasteiger partial charge in [0.15, 0.2) is 0 Å². The molecule has 0 saturated heterocycles. The Bertz CT molecular complexity index is 1980. The minimum Gasteiger partial charge on any atom is -0.458 e. The number of fused-ring (bicyclic) bond motifs is 4. The van der Waals surface area contributed by atoms with Gasteiger partial charge in [0.05, 0.1) is 0 Å². The van der Waals surface area contributed by atoms with Gasteiger partial charge in [0.1, 0.15) is 23.0 Å². The summed E-state index contributed by atoms with van der Waals surface area (Å²) in [7, 11) is 0. The van der Waals surface area contributed by atoms with Crippen molar-refractivity contribution in [2.75, 3.05) is 0 Å². The number of rotatable bonds is 3. The van der Waals surface area contributed by atoms with Gasteiger partial charge in [-0.1, -0.05) is 109 Å². The van der Waals surface area contributed by atoms with Gasteiger partial charge in [0, 0.05) is 16.6 Å². The van der Waals surface area contributed by atoms with Crippen molar-refractivity contribution in [1.29, 1.82) is 0 Å². The molecule has 3 heteroatoms. The number of hydrogen-bond donors (Lipinski definition) is 0. The SMILES string of the molecule is Cc1ccccc1-c1ccc2c(c1)B1c3cccc(-c4ccccc4)c3Oc3c(-c4ccccc4C)ccc(c31)O2. The summed E-state index contributed by atoms with van der Waals surface area (Å²) in [5, 5.41) is 0. The molecule has 0 aromatic heterocycles. The Kier molecular flexibility index (Phi) is 5.40. The van der Waals surface area contributed by atoms with Crippen LogP contribution in [0.4, 0.5) is 0 Å². The van der Waals surface area contributed by atoms with Crippen molar-refractivity contribution in [3.05, 3.63) is 139 Å². The van der Waals surface area contributed by atoms with E-state index in [-0.39, 0.29) is 6.71 Å². The van der Waals surface area contributed by atoms with E-state index >= 15 is 0 Å². The number of para-hydroxylation sites is 1. The van der Waals surface area contributed by atoms with Crippen LogP contribution in [0.5, 0.6) is 23.0 Å². The van der Waals surface area contributed by atoms with Gasteiger partial charge in [0.25, 0.3) is 6.71 Å². The minimum atomic E-state index is -0.0240. The summed E-state index contributed by atoms with van der Waals surface area (Å²) in [6.45, 7) is 4.30. The van der Waals surface area contributed by atoms with Gasteiger partial charge in [-0.25, -0.2) is 0 Å². The quantitative estimate of drug-likeness (QED) is 0.217. The van der Waals surface area contributed by atoms with E-state index in [9.17, 15) is 0 Å². The van der Waals surface area contributed by atoms with Crippen molar-refractivity contribution in [2.45, 2.75) is 13.8 Å². The van der Waals surface area contributed by atoms with Crippen molar-refractivity contribution in [3.8, 4) is 56.4 Å². The van der Waals surface area contributed by atoms with Crippen LogP contribution in [0.3, 0.4) is 0 Å². The van der Waals surface area contributed by atoms with E-state index in [0.29, 0.717) is 0 Å². The van der Waals surface area contributed by atoms with E-state index in [0.717, 1.165) is 56.1 Å². The van der Waals surface area contributed by atoms with E-state index in [1.807, 2.05) is 0 Å². The molecule has 0 unspecified atom stereocenters. The number of hydrogen-bond acceptors (Lipinski definition) is 2. The standard InChI is InChI=1S/C38H27BO2/c1-24-11-6-8-15-28(24)27-19-21-34-33(23-27)39-32-18-10-17-30(26-13-4-3-5-14-26)37(32)41-38-31(20-22-35(40-34)36(38)39)29-16-9-7-12-25(29)2/h3-23H,1-2H3. The fourth-order valence-corrected chi connectivity index (χ4v) is 6.51. The Labute approximate surface area is 240 Å². The van der Waals surface area contributed by atoms with Crippen molar-refractivity contribution in [2.24, 2.45) is 0 Å². The van der Waals surface area contributed by atoms with Crippen molar-refractivity contribution < 1.29 is 9.47 Å². The third kappa shape index (κ3) is 3.73. The van der Waals surface area contributed by atoms with Crippen LogP contribution >= 0.6 is 0 Å². The first kappa shape index (κ1) is 23.8. The molecule has 2 aliphatic rings. The zero-order valence-corrected chi connectivity index (χ0v) is 23.0. The molecule has 0 saturated carbocycles. The van der Waals surface area contributed by atoms with Crippen LogP contribution in [0, 0.1) is 13.8 Å². The van der Waals surface area contributed by atoms with Crippen LogP contribution in [0.15, 0.2) is 127 Å². The molecule has 0 amide bonds. The molecule has 2 nitrogen and oxygen atoms in total. The summed E-state index contributed by atoms with van der Waals surface area (Å²) in [5.41, 5.74) is 12.8. The summed E-state index contributed by atoms with van der Waals surface area (Å²) in [6.07, 6.45) is 0. The summed E-state index contributed by atoms with van der Waals surface area (Å²) in [6, 6.07) is 45.0. The molecular formula is C38H27BO2. The average molecular weight is 526 g/mol. The highest BCUT2D eigenvalue weighted by Gasteiger charge is 2.42. The maximum absolute atomic E-state index is 7.02. The fourth-order valence-electron chi connectivity index (χ4n) is 6.51. The molecular weight excluding hydrogens is 499 g/mol. The monoisotopic (exact) mass is 526 g/mol. The van der Waals surface area contributed by atoms with Gasteiger partial charge in [-0.05, 0) is 76.4 Å². The average Bonchev–Trinajstić information content (AvgIpc) is 3.02. The zero-order valence-electron chi connectivity index (χ0n) is 23.0. The van der Waals surface area contributed by atoms with Crippen molar-refractivity contribution >= 4 is 23.1 Å². The van der Waals surface area contributed by atoms with E-state index in [1.54, 1.807) is 0 Å². The van der Waals surface area contributed by atoms with E-state index in [2.05, 4.69) is 141 Å². The second-order valence-corrected chi connectivity index (χ2v) is 11.0. The molecule has 8 rings (SSSR count). The molecule has 0 radical (unpaired) electrons. The first-order chi connectivity index (χ1) is 20.2. The number of benzene rings is 6. The first-order valence-corrected chi connectivity index (χ1v) is 14.1. The Morgan fingerprint density at radius 1 is 0.439 bits per heavy atom. The Balaban J connectivity index is 1.42. The maximum Gasteiger partial charge on any atom is 0.260 e. The first-order valence-electron chi connectivity index (χ1n) is 14.1. The summed E-state index contributed by atoms with van der Waals surface area (Å²) in [5.74, 6) is 3.54. The van der Waals surface area contributed by atoms with Gasteiger partial charge >= 0.3 is 0 Å². The van der Waals surface area contributed by atoms with Crippen molar-refractivity contribution in [1.82, 2.24) is 0 Å². The van der Waals surface area contributed by atoms with Gasteiger partial charge in [-0.15, -0.1) is 0 Å². The lowest BCUT2D eigenvalue weighted by Gasteiger charge is -2.35. The second kappa shape index (κ2) is 9.28. The van der Waals surface area contributed by atoms with Gasteiger partial charge < -0.3 is 9.47 Å². The minimum absolute atomic E-state index is 0.0240. The summed E-state index contributed by atoms with van der Waals surface area (Å²) < 4.78 is 13.6. The topological polar surface area (TPSA) is 18.5 Å². The predicted molar refractivity (Wildman–Crippen MR) is 170 cm³/mol. The third-order valence-corrected chi connectivity index (χ3v) is 8.52. The molecule has 6 aromatic carbocycles. The summed E-state index contributed by atoms with van der Waals surface area (Å²) >= 11 is 0. The molecule has 6 aromatic rings. The maximum atomic E-state index is 7.02. The molecule has 2 aliphatic heterocycles. The van der Waals surface area contributed by atoms with Gasteiger partial charge in [-0.3, -0.25) is 0 Å². The van der Waals surface area contributed by atoms with E-state index in [4.69, 9.17) is 9.47 Å².